The van der Waals surface area contributed by atoms with Crippen LogP contribution in [0.5, 0.6) is 5.75 Å². The van der Waals surface area contributed by atoms with Crippen LogP contribution in [0.3, 0.4) is 0 Å². The number of amides is 1. The molecule has 2 aromatic carbocycles. The zero-order valence-electron chi connectivity index (χ0n) is 16.3. The Bertz CT molecular complexity index is 845. The molecule has 1 fully saturated rings. The highest BCUT2D eigenvalue weighted by Crippen LogP contribution is 2.30. The van der Waals surface area contributed by atoms with Crippen LogP contribution in [-0.4, -0.2) is 50.6 Å². The molecule has 1 N–H and O–H groups in total. The first-order chi connectivity index (χ1) is 13.5. The van der Waals surface area contributed by atoms with Gasteiger partial charge in [0.2, 0.25) is 5.91 Å². The van der Waals surface area contributed by atoms with Crippen molar-refractivity contribution in [3.63, 3.8) is 0 Å². The standard InChI is InChI=1S/C22H26ClN3O2/c1-3-28-21-16-19(26-13-11-25(2)12-14-26)8-9-20(21)24-22(27)10-7-17-5-4-6-18(23)15-17/h4-10,15-16H,3,11-14H2,1-2H3,(H,24,27)/b10-7+. The molecule has 0 unspecified atom stereocenters. The Morgan fingerprint density at radius 3 is 2.68 bits per heavy atom. The SMILES string of the molecule is CCOc1cc(N2CCN(C)CC2)ccc1NC(=O)/C=C/c1cccc(Cl)c1. The Kier molecular flexibility index (Phi) is 6.95. The van der Waals surface area contributed by atoms with Crippen LogP contribution in [0.15, 0.2) is 48.5 Å². The molecule has 1 aliphatic rings. The molecule has 5 nitrogen and oxygen atoms in total. The van der Waals surface area contributed by atoms with E-state index in [9.17, 15) is 4.79 Å². The average molecular weight is 400 g/mol. The van der Waals surface area contributed by atoms with Gasteiger partial charge in [-0.15, -0.1) is 0 Å². The number of ether oxygens (including phenoxy) is 1. The summed E-state index contributed by atoms with van der Waals surface area (Å²) in [5.41, 5.74) is 2.66. The molecular weight excluding hydrogens is 374 g/mol. The van der Waals surface area contributed by atoms with E-state index < -0.39 is 0 Å². The summed E-state index contributed by atoms with van der Waals surface area (Å²) in [5.74, 6) is 0.469. The van der Waals surface area contributed by atoms with Crippen molar-refractivity contribution in [2.24, 2.45) is 0 Å². The summed E-state index contributed by atoms with van der Waals surface area (Å²) in [5, 5.41) is 3.55. The van der Waals surface area contributed by atoms with Crippen LogP contribution in [0.4, 0.5) is 11.4 Å². The van der Waals surface area contributed by atoms with Crippen LogP contribution in [0, 0.1) is 0 Å². The Morgan fingerprint density at radius 1 is 1.18 bits per heavy atom. The van der Waals surface area contributed by atoms with Gasteiger partial charge in [0.25, 0.3) is 0 Å². The number of piperazine rings is 1. The quantitative estimate of drug-likeness (QED) is 0.741. The molecule has 0 radical (unpaired) electrons. The predicted octanol–water partition coefficient (Wildman–Crippen LogP) is 4.14. The number of anilines is 2. The molecule has 0 aromatic heterocycles. The number of hydrogen-bond donors (Lipinski definition) is 1. The number of carbonyl (C=O) groups excluding carboxylic acids is 1. The summed E-state index contributed by atoms with van der Waals surface area (Å²) in [6, 6.07) is 13.3. The number of nitrogens with zero attached hydrogens (tertiary/aromatic N) is 2. The third-order valence-electron chi connectivity index (χ3n) is 4.67. The van der Waals surface area contributed by atoms with E-state index in [1.165, 1.54) is 6.08 Å². The highest BCUT2D eigenvalue weighted by molar-refractivity contribution is 6.30. The van der Waals surface area contributed by atoms with Gasteiger partial charge in [-0.2, -0.15) is 0 Å². The fraction of sp³-hybridized carbons (Fsp3) is 0.318. The fourth-order valence-electron chi connectivity index (χ4n) is 3.11. The van der Waals surface area contributed by atoms with Crippen molar-refractivity contribution in [3.05, 3.63) is 59.1 Å². The second kappa shape index (κ2) is 9.62. The van der Waals surface area contributed by atoms with Gasteiger partial charge in [0, 0.05) is 49.0 Å². The summed E-state index contributed by atoms with van der Waals surface area (Å²) in [4.78, 5) is 17.0. The number of hydrogen-bond acceptors (Lipinski definition) is 4. The van der Waals surface area contributed by atoms with Crippen LogP contribution in [0.25, 0.3) is 6.08 Å². The minimum absolute atomic E-state index is 0.215. The normalized spacial score (nSPS) is 15.0. The Hall–Kier alpha value is -2.50. The molecule has 3 rings (SSSR count). The van der Waals surface area contributed by atoms with E-state index in [0.717, 1.165) is 37.4 Å². The fourth-order valence-corrected chi connectivity index (χ4v) is 3.31. The summed E-state index contributed by atoms with van der Waals surface area (Å²) in [7, 11) is 2.14. The molecule has 0 bridgehead atoms. The first-order valence-corrected chi connectivity index (χ1v) is 9.88. The highest BCUT2D eigenvalue weighted by atomic mass is 35.5. The molecule has 0 saturated carbocycles. The van der Waals surface area contributed by atoms with Gasteiger partial charge in [0.15, 0.2) is 0 Å². The van der Waals surface area contributed by atoms with E-state index in [2.05, 4.69) is 22.2 Å². The topological polar surface area (TPSA) is 44.8 Å². The molecular formula is C22H26ClN3O2. The van der Waals surface area contributed by atoms with E-state index in [4.69, 9.17) is 16.3 Å². The molecule has 2 aromatic rings. The van der Waals surface area contributed by atoms with Gasteiger partial charge in [-0.25, -0.2) is 0 Å². The van der Waals surface area contributed by atoms with Crippen molar-refractivity contribution in [1.82, 2.24) is 4.90 Å². The molecule has 1 aliphatic heterocycles. The van der Waals surface area contributed by atoms with E-state index in [-0.39, 0.29) is 5.91 Å². The maximum absolute atomic E-state index is 12.3. The molecule has 148 valence electrons. The molecule has 1 amide bonds. The zero-order valence-corrected chi connectivity index (χ0v) is 17.1. The maximum Gasteiger partial charge on any atom is 0.248 e. The number of nitrogens with one attached hydrogen (secondary N) is 1. The van der Waals surface area contributed by atoms with Gasteiger partial charge in [-0.05, 0) is 49.9 Å². The molecule has 1 heterocycles. The predicted molar refractivity (Wildman–Crippen MR) is 116 cm³/mol. The molecule has 6 heteroatoms. The largest absolute Gasteiger partial charge is 0.492 e. The first-order valence-electron chi connectivity index (χ1n) is 9.50. The van der Waals surface area contributed by atoms with E-state index in [0.29, 0.717) is 23.1 Å². The van der Waals surface area contributed by atoms with Crippen LogP contribution >= 0.6 is 11.6 Å². The van der Waals surface area contributed by atoms with Crippen LogP contribution in [0.1, 0.15) is 12.5 Å². The molecule has 1 saturated heterocycles. The number of halogens is 1. The average Bonchev–Trinajstić information content (AvgIpc) is 2.69. The van der Waals surface area contributed by atoms with Gasteiger partial charge >= 0.3 is 0 Å². The van der Waals surface area contributed by atoms with Crippen molar-refractivity contribution < 1.29 is 9.53 Å². The van der Waals surface area contributed by atoms with Crippen molar-refractivity contribution in [2.45, 2.75) is 6.92 Å². The van der Waals surface area contributed by atoms with Crippen LogP contribution < -0.4 is 15.0 Å². The Labute approximate surface area is 171 Å². The summed E-state index contributed by atoms with van der Waals surface area (Å²) >= 11 is 5.97. The summed E-state index contributed by atoms with van der Waals surface area (Å²) in [6.07, 6.45) is 3.23. The van der Waals surface area contributed by atoms with Crippen molar-refractivity contribution in [1.29, 1.82) is 0 Å². The Balaban J connectivity index is 1.70. The Morgan fingerprint density at radius 2 is 1.96 bits per heavy atom. The lowest BCUT2D eigenvalue weighted by atomic mass is 10.2. The third-order valence-corrected chi connectivity index (χ3v) is 4.90. The van der Waals surface area contributed by atoms with Crippen molar-refractivity contribution in [3.8, 4) is 5.75 Å². The molecule has 0 atom stereocenters. The lowest BCUT2D eigenvalue weighted by Gasteiger charge is -2.34. The maximum atomic E-state index is 12.3. The monoisotopic (exact) mass is 399 g/mol. The van der Waals surface area contributed by atoms with E-state index in [1.54, 1.807) is 12.1 Å². The second-order valence-corrected chi connectivity index (χ2v) is 7.22. The zero-order chi connectivity index (χ0) is 19.9. The van der Waals surface area contributed by atoms with Crippen molar-refractivity contribution >= 4 is 35.0 Å². The third kappa shape index (κ3) is 5.50. The van der Waals surface area contributed by atoms with Gasteiger partial charge in [-0.1, -0.05) is 23.7 Å². The van der Waals surface area contributed by atoms with Gasteiger partial charge in [0.1, 0.15) is 5.75 Å². The lowest BCUT2D eigenvalue weighted by Crippen LogP contribution is -2.44. The number of carbonyl (C=O) groups is 1. The second-order valence-electron chi connectivity index (χ2n) is 6.78. The number of benzene rings is 2. The number of likely N-dealkylation sites (N-methyl/N-ethyl adjacent to an activating group) is 1. The van der Waals surface area contributed by atoms with Crippen LogP contribution in [-0.2, 0) is 4.79 Å². The van der Waals surface area contributed by atoms with Crippen molar-refractivity contribution in [2.75, 3.05) is 50.1 Å². The van der Waals surface area contributed by atoms with Gasteiger partial charge in [0.05, 0.1) is 12.3 Å². The van der Waals surface area contributed by atoms with Gasteiger partial charge < -0.3 is 19.9 Å². The van der Waals surface area contributed by atoms with Gasteiger partial charge in [-0.3, -0.25) is 4.79 Å². The molecule has 0 aliphatic carbocycles. The number of rotatable bonds is 6. The lowest BCUT2D eigenvalue weighted by molar-refractivity contribution is -0.111. The highest BCUT2D eigenvalue weighted by Gasteiger charge is 2.16. The molecule has 28 heavy (non-hydrogen) atoms. The van der Waals surface area contributed by atoms with Crippen LogP contribution in [0.2, 0.25) is 5.02 Å². The minimum Gasteiger partial charge on any atom is -0.492 e. The summed E-state index contributed by atoms with van der Waals surface area (Å²) < 4.78 is 5.78. The summed E-state index contributed by atoms with van der Waals surface area (Å²) in [6.45, 7) is 6.51. The van der Waals surface area contributed by atoms with E-state index in [1.807, 2.05) is 43.3 Å². The minimum atomic E-state index is -0.215. The smallest absolute Gasteiger partial charge is 0.248 e. The van der Waals surface area contributed by atoms with E-state index >= 15 is 0 Å². The molecule has 0 spiro atoms. The first kappa shape index (κ1) is 20.2.